The highest BCUT2D eigenvalue weighted by molar-refractivity contribution is 6.30. The van der Waals surface area contributed by atoms with Crippen LogP contribution in [-0.4, -0.2) is 15.7 Å². The second kappa shape index (κ2) is 7.72. The van der Waals surface area contributed by atoms with Crippen LogP contribution in [0.4, 0.5) is 0 Å². The molecule has 4 rings (SSSR count). The largest absolute Gasteiger partial charge is 0.492 e. The maximum Gasteiger partial charge on any atom is 0.203 e. The van der Waals surface area contributed by atoms with E-state index in [1.807, 2.05) is 81.9 Å². The van der Waals surface area contributed by atoms with E-state index in [4.69, 9.17) is 21.7 Å². The number of hydrogen-bond donors (Lipinski definition) is 1. The van der Waals surface area contributed by atoms with Gasteiger partial charge >= 0.3 is 0 Å². The molecule has 0 spiro atoms. The Morgan fingerprint density at radius 2 is 1.41 bits per heavy atom. The summed E-state index contributed by atoms with van der Waals surface area (Å²) < 4.78 is 9.84. The van der Waals surface area contributed by atoms with Crippen molar-refractivity contribution in [2.24, 2.45) is 0 Å². The first kappa shape index (κ1) is 17.4. The lowest BCUT2D eigenvalue weighted by molar-refractivity contribution is 0.296. The van der Waals surface area contributed by atoms with Gasteiger partial charge in [-0.25, -0.2) is 0 Å². The summed E-state index contributed by atoms with van der Waals surface area (Å²) in [5.74, 6) is 0.842. The van der Waals surface area contributed by atoms with Crippen molar-refractivity contribution in [3.8, 4) is 5.75 Å². The van der Waals surface area contributed by atoms with Gasteiger partial charge in [-0.2, -0.15) is 0 Å². The molecule has 3 aromatic carbocycles. The monoisotopic (exact) mass is 377 g/mol. The average molecular weight is 378 g/mol. The molecule has 0 aliphatic carbocycles. The van der Waals surface area contributed by atoms with Crippen LogP contribution in [0.25, 0.3) is 11.0 Å². The lowest BCUT2D eigenvalue weighted by atomic mass is 10.2. The first-order chi connectivity index (χ1) is 13.2. The Morgan fingerprint density at radius 3 is 2.11 bits per heavy atom. The Labute approximate surface area is 162 Å². The van der Waals surface area contributed by atoms with Gasteiger partial charge in [-0.3, -0.25) is 5.41 Å². The molecule has 4 nitrogen and oxygen atoms in total. The highest BCUT2D eigenvalue weighted by atomic mass is 35.5. The molecule has 136 valence electrons. The third-order valence-electron chi connectivity index (χ3n) is 4.56. The van der Waals surface area contributed by atoms with E-state index >= 15 is 0 Å². The van der Waals surface area contributed by atoms with Gasteiger partial charge in [0.15, 0.2) is 0 Å². The van der Waals surface area contributed by atoms with Crippen LogP contribution in [0.1, 0.15) is 5.56 Å². The quantitative estimate of drug-likeness (QED) is 0.520. The van der Waals surface area contributed by atoms with Crippen LogP contribution in [0, 0.1) is 5.41 Å². The summed E-state index contributed by atoms with van der Waals surface area (Å²) in [5.41, 5.74) is 3.65. The third-order valence-corrected chi connectivity index (χ3v) is 4.81. The molecule has 0 atom stereocenters. The van der Waals surface area contributed by atoms with E-state index in [-0.39, 0.29) is 0 Å². The number of rotatable bonds is 6. The minimum absolute atomic E-state index is 0.461. The summed E-state index contributed by atoms with van der Waals surface area (Å²) in [6.45, 7) is 1.75. The molecule has 0 aliphatic heterocycles. The number of ether oxygens (including phenoxy) is 1. The number of hydrogen-bond acceptors (Lipinski definition) is 2. The van der Waals surface area contributed by atoms with Crippen LogP contribution < -0.4 is 10.4 Å². The fourth-order valence-corrected chi connectivity index (χ4v) is 3.35. The predicted molar refractivity (Wildman–Crippen MR) is 108 cm³/mol. The molecule has 0 bridgehead atoms. The number of nitrogens with one attached hydrogen (secondary N) is 1. The number of halogens is 1. The van der Waals surface area contributed by atoms with E-state index in [0.29, 0.717) is 25.3 Å². The van der Waals surface area contributed by atoms with Crippen LogP contribution in [0.2, 0.25) is 5.02 Å². The van der Waals surface area contributed by atoms with Crippen molar-refractivity contribution in [3.63, 3.8) is 0 Å². The molecule has 0 saturated heterocycles. The van der Waals surface area contributed by atoms with E-state index in [2.05, 4.69) is 6.07 Å². The van der Waals surface area contributed by atoms with E-state index in [1.165, 1.54) is 0 Å². The maximum atomic E-state index is 8.69. The van der Waals surface area contributed by atoms with E-state index in [0.717, 1.165) is 27.4 Å². The van der Waals surface area contributed by atoms with Crippen molar-refractivity contribution in [2.75, 3.05) is 6.61 Å². The minimum atomic E-state index is 0.461. The zero-order chi connectivity index (χ0) is 18.6. The van der Waals surface area contributed by atoms with Gasteiger partial charge in [0.05, 0.1) is 24.1 Å². The summed E-state index contributed by atoms with van der Waals surface area (Å²) in [6.07, 6.45) is 0. The number of nitrogens with zero attached hydrogens (tertiary/aromatic N) is 2. The molecular weight excluding hydrogens is 358 g/mol. The van der Waals surface area contributed by atoms with Crippen molar-refractivity contribution < 1.29 is 4.74 Å². The molecule has 0 amide bonds. The van der Waals surface area contributed by atoms with Crippen LogP contribution in [-0.2, 0) is 13.1 Å². The standard InChI is InChI=1S/C22H20ClN3O/c23-18-12-10-17(11-13-18)16-26-21-9-5-4-8-20(21)25(22(26)24)14-15-27-19-6-2-1-3-7-19/h1-13,24H,14-16H2. The summed E-state index contributed by atoms with van der Waals surface area (Å²) in [7, 11) is 0. The normalized spacial score (nSPS) is 11.0. The third kappa shape index (κ3) is 3.76. The Morgan fingerprint density at radius 1 is 0.778 bits per heavy atom. The molecule has 1 N–H and O–H groups in total. The average Bonchev–Trinajstić information content (AvgIpc) is 2.96. The van der Waals surface area contributed by atoms with Crippen molar-refractivity contribution in [3.05, 3.63) is 95.1 Å². The van der Waals surface area contributed by atoms with Crippen LogP contribution in [0.5, 0.6) is 5.75 Å². The van der Waals surface area contributed by atoms with E-state index in [1.54, 1.807) is 0 Å². The van der Waals surface area contributed by atoms with Crippen molar-refractivity contribution in [2.45, 2.75) is 13.1 Å². The lowest BCUT2D eigenvalue weighted by Gasteiger charge is -2.08. The SMILES string of the molecule is N=c1n(CCOc2ccccc2)c2ccccc2n1Cc1ccc(Cl)cc1. The Kier molecular flexibility index (Phi) is 4.99. The summed E-state index contributed by atoms with van der Waals surface area (Å²) in [5, 5.41) is 9.41. The topological polar surface area (TPSA) is 42.9 Å². The van der Waals surface area contributed by atoms with Crippen molar-refractivity contribution >= 4 is 22.6 Å². The molecule has 5 heteroatoms. The first-order valence-corrected chi connectivity index (χ1v) is 9.25. The Hall–Kier alpha value is -2.98. The van der Waals surface area contributed by atoms with Crippen LogP contribution in [0.15, 0.2) is 78.9 Å². The van der Waals surface area contributed by atoms with Gasteiger partial charge in [0.25, 0.3) is 0 Å². The highest BCUT2D eigenvalue weighted by Gasteiger charge is 2.11. The Bertz CT molecular complexity index is 1100. The lowest BCUT2D eigenvalue weighted by Crippen LogP contribution is -2.27. The fraction of sp³-hybridized carbons (Fsp3) is 0.136. The second-order valence-electron chi connectivity index (χ2n) is 6.34. The van der Waals surface area contributed by atoms with E-state index in [9.17, 15) is 0 Å². The summed E-state index contributed by atoms with van der Waals surface area (Å²) >= 11 is 5.99. The molecule has 27 heavy (non-hydrogen) atoms. The molecule has 0 aliphatic rings. The van der Waals surface area contributed by atoms with Crippen LogP contribution >= 0.6 is 11.6 Å². The smallest absolute Gasteiger partial charge is 0.203 e. The zero-order valence-electron chi connectivity index (χ0n) is 14.8. The number of aromatic nitrogens is 2. The summed E-state index contributed by atoms with van der Waals surface area (Å²) in [6, 6.07) is 25.6. The van der Waals surface area contributed by atoms with E-state index < -0.39 is 0 Å². The molecular formula is C22H20ClN3O. The number of fused-ring (bicyclic) bond motifs is 1. The fourth-order valence-electron chi connectivity index (χ4n) is 3.22. The van der Waals surface area contributed by atoms with Crippen LogP contribution in [0.3, 0.4) is 0 Å². The predicted octanol–water partition coefficient (Wildman–Crippen LogP) is 4.70. The molecule has 0 fully saturated rings. The Balaban J connectivity index is 1.62. The van der Waals surface area contributed by atoms with Crippen molar-refractivity contribution in [1.29, 1.82) is 5.41 Å². The maximum absolute atomic E-state index is 8.69. The van der Waals surface area contributed by atoms with Gasteiger partial charge in [0, 0.05) is 5.02 Å². The van der Waals surface area contributed by atoms with Crippen molar-refractivity contribution in [1.82, 2.24) is 9.13 Å². The molecule has 0 saturated carbocycles. The van der Waals surface area contributed by atoms with Gasteiger partial charge in [0.1, 0.15) is 12.4 Å². The second-order valence-corrected chi connectivity index (χ2v) is 6.77. The molecule has 1 heterocycles. The molecule has 0 radical (unpaired) electrons. The zero-order valence-corrected chi connectivity index (χ0v) is 15.6. The molecule has 0 unspecified atom stereocenters. The number of para-hydroxylation sites is 3. The highest BCUT2D eigenvalue weighted by Crippen LogP contribution is 2.16. The van der Waals surface area contributed by atoms with Gasteiger partial charge in [0.2, 0.25) is 5.62 Å². The summed E-state index contributed by atoms with van der Waals surface area (Å²) in [4.78, 5) is 0. The molecule has 1 aromatic heterocycles. The number of benzene rings is 3. The molecule has 4 aromatic rings. The first-order valence-electron chi connectivity index (χ1n) is 8.87. The van der Waals surface area contributed by atoms with Gasteiger partial charge in [-0.15, -0.1) is 0 Å². The van der Waals surface area contributed by atoms with Gasteiger partial charge in [-0.1, -0.05) is 54.1 Å². The van der Waals surface area contributed by atoms with Gasteiger partial charge in [-0.05, 0) is 42.0 Å². The minimum Gasteiger partial charge on any atom is -0.492 e. The van der Waals surface area contributed by atoms with Gasteiger partial charge < -0.3 is 13.9 Å². The number of imidazole rings is 1.